The highest BCUT2D eigenvalue weighted by Crippen LogP contribution is 2.21. The number of aryl methyl sites for hydroxylation is 3. The number of nitrogens with zero attached hydrogens (tertiary/aromatic N) is 5. The first-order valence-electron chi connectivity index (χ1n) is 6.45. The molecule has 6 nitrogen and oxygen atoms in total. The number of aromatic nitrogens is 5. The van der Waals surface area contributed by atoms with Gasteiger partial charge in [-0.05, 0) is 25.8 Å². The van der Waals surface area contributed by atoms with E-state index >= 15 is 0 Å². The second kappa shape index (κ2) is 6.16. The largest absolute Gasteiger partial charge is 0.330 e. The molecule has 0 aliphatic heterocycles. The third-order valence-corrected chi connectivity index (χ3v) is 3.47. The topological polar surface area (TPSA) is 74.5 Å². The van der Waals surface area contributed by atoms with Crippen molar-refractivity contribution in [1.29, 1.82) is 0 Å². The smallest absolute Gasteiger partial charge is 0.0869 e. The van der Waals surface area contributed by atoms with E-state index in [0.717, 1.165) is 41.4 Å². The molecule has 2 rings (SSSR count). The number of rotatable bonds is 6. The van der Waals surface area contributed by atoms with Crippen LogP contribution in [0.2, 0.25) is 5.02 Å². The monoisotopic (exact) mass is 282 g/mol. The fraction of sp³-hybridized carbons (Fsp3) is 0.583. The van der Waals surface area contributed by atoms with Gasteiger partial charge >= 0.3 is 0 Å². The molecule has 2 aromatic heterocycles. The van der Waals surface area contributed by atoms with E-state index in [2.05, 4.69) is 15.4 Å². The average molecular weight is 283 g/mol. The zero-order valence-electron chi connectivity index (χ0n) is 11.3. The van der Waals surface area contributed by atoms with Crippen molar-refractivity contribution in [2.75, 3.05) is 6.54 Å². The molecule has 0 amide bonds. The van der Waals surface area contributed by atoms with Gasteiger partial charge in [0.05, 0.1) is 28.6 Å². The highest BCUT2D eigenvalue weighted by atomic mass is 35.5. The summed E-state index contributed by atoms with van der Waals surface area (Å²) in [6.45, 7) is 3.29. The van der Waals surface area contributed by atoms with E-state index in [1.54, 1.807) is 4.68 Å². The number of hydrogen-bond acceptors (Lipinski definition) is 4. The van der Waals surface area contributed by atoms with E-state index in [1.807, 2.05) is 24.9 Å². The van der Waals surface area contributed by atoms with Gasteiger partial charge in [-0.2, -0.15) is 5.10 Å². The van der Waals surface area contributed by atoms with Gasteiger partial charge < -0.3 is 5.73 Å². The zero-order chi connectivity index (χ0) is 13.8. The van der Waals surface area contributed by atoms with E-state index in [0.29, 0.717) is 13.1 Å². The van der Waals surface area contributed by atoms with Crippen molar-refractivity contribution in [3.05, 3.63) is 28.3 Å². The minimum atomic E-state index is 0.581. The Bertz CT molecular complexity index is 544. The van der Waals surface area contributed by atoms with Crippen LogP contribution in [0.4, 0.5) is 0 Å². The first kappa shape index (κ1) is 14.0. The Morgan fingerprint density at radius 3 is 2.84 bits per heavy atom. The summed E-state index contributed by atoms with van der Waals surface area (Å²) in [6.07, 6.45) is 4.54. The highest BCUT2D eigenvalue weighted by Gasteiger charge is 2.14. The molecule has 0 unspecified atom stereocenters. The van der Waals surface area contributed by atoms with Crippen molar-refractivity contribution in [2.45, 2.75) is 32.7 Å². The van der Waals surface area contributed by atoms with Crippen molar-refractivity contribution < 1.29 is 0 Å². The highest BCUT2D eigenvalue weighted by molar-refractivity contribution is 6.31. The van der Waals surface area contributed by atoms with Gasteiger partial charge in [-0.25, -0.2) is 4.68 Å². The van der Waals surface area contributed by atoms with Crippen LogP contribution >= 0.6 is 11.6 Å². The van der Waals surface area contributed by atoms with Crippen LogP contribution in [0.3, 0.4) is 0 Å². The molecule has 0 atom stereocenters. The lowest BCUT2D eigenvalue weighted by atomic mass is 10.2. The van der Waals surface area contributed by atoms with Crippen molar-refractivity contribution in [3.63, 3.8) is 0 Å². The molecule has 7 heteroatoms. The Morgan fingerprint density at radius 2 is 2.21 bits per heavy atom. The van der Waals surface area contributed by atoms with E-state index < -0.39 is 0 Å². The normalized spacial score (nSPS) is 11.2. The molecule has 0 bridgehead atoms. The quantitative estimate of drug-likeness (QED) is 0.863. The molecule has 0 saturated carbocycles. The molecular formula is C12H19ClN6. The van der Waals surface area contributed by atoms with Crippen molar-refractivity contribution in [1.82, 2.24) is 24.8 Å². The minimum absolute atomic E-state index is 0.581. The summed E-state index contributed by atoms with van der Waals surface area (Å²) in [5.74, 6) is 0. The van der Waals surface area contributed by atoms with Gasteiger partial charge in [-0.3, -0.25) is 4.68 Å². The van der Waals surface area contributed by atoms with Crippen LogP contribution in [0.25, 0.3) is 0 Å². The first-order chi connectivity index (χ1) is 9.15. The van der Waals surface area contributed by atoms with Crippen LogP contribution < -0.4 is 5.73 Å². The Balaban J connectivity index is 2.12. The maximum atomic E-state index is 6.31. The molecule has 0 saturated heterocycles. The number of hydrogen-bond donors (Lipinski definition) is 1. The molecule has 2 heterocycles. The van der Waals surface area contributed by atoms with Crippen LogP contribution in [0, 0.1) is 0 Å². The lowest BCUT2D eigenvalue weighted by molar-refractivity contribution is 0.598. The summed E-state index contributed by atoms with van der Waals surface area (Å²) in [4.78, 5) is 0. The van der Waals surface area contributed by atoms with E-state index in [1.165, 1.54) is 0 Å². The fourth-order valence-corrected chi connectivity index (χ4v) is 2.31. The summed E-state index contributed by atoms with van der Waals surface area (Å²) in [7, 11) is 1.90. The van der Waals surface area contributed by atoms with Crippen LogP contribution in [-0.4, -0.2) is 31.3 Å². The van der Waals surface area contributed by atoms with E-state index in [9.17, 15) is 0 Å². The summed E-state index contributed by atoms with van der Waals surface area (Å²) < 4.78 is 3.59. The van der Waals surface area contributed by atoms with Gasteiger partial charge in [0.2, 0.25) is 0 Å². The van der Waals surface area contributed by atoms with Crippen LogP contribution in [-0.2, 0) is 26.4 Å². The van der Waals surface area contributed by atoms with Crippen LogP contribution in [0.1, 0.15) is 30.4 Å². The molecule has 2 aromatic rings. The Labute approximate surface area is 117 Å². The van der Waals surface area contributed by atoms with E-state index in [4.69, 9.17) is 17.3 Å². The summed E-state index contributed by atoms with van der Waals surface area (Å²) in [5.41, 5.74) is 8.31. The number of halogens is 1. The molecule has 0 spiro atoms. The van der Waals surface area contributed by atoms with Gasteiger partial charge in [-0.15, -0.1) is 5.10 Å². The second-order valence-corrected chi connectivity index (χ2v) is 4.86. The fourth-order valence-electron chi connectivity index (χ4n) is 1.96. The summed E-state index contributed by atoms with van der Waals surface area (Å²) >= 11 is 6.31. The van der Waals surface area contributed by atoms with Crippen molar-refractivity contribution in [3.8, 4) is 0 Å². The Kier molecular flexibility index (Phi) is 4.55. The standard InChI is InChI=1S/C12H19ClN6/c1-3-10-12(13)11(18(2)16-10)8-19-7-9(15-17-19)5-4-6-14/h7H,3-6,8,14H2,1-2H3. The van der Waals surface area contributed by atoms with Gasteiger partial charge in [0, 0.05) is 13.2 Å². The molecule has 19 heavy (non-hydrogen) atoms. The molecule has 0 fully saturated rings. The van der Waals surface area contributed by atoms with Gasteiger partial charge in [0.15, 0.2) is 0 Å². The van der Waals surface area contributed by atoms with E-state index in [-0.39, 0.29) is 0 Å². The van der Waals surface area contributed by atoms with Gasteiger partial charge in [-0.1, -0.05) is 23.7 Å². The molecule has 0 aliphatic rings. The number of nitrogens with two attached hydrogens (primary N) is 1. The molecule has 104 valence electrons. The molecule has 0 aliphatic carbocycles. The molecule has 2 N–H and O–H groups in total. The average Bonchev–Trinajstić information content (AvgIpc) is 2.96. The first-order valence-corrected chi connectivity index (χ1v) is 6.82. The lowest BCUT2D eigenvalue weighted by Gasteiger charge is -2.02. The Morgan fingerprint density at radius 1 is 1.42 bits per heavy atom. The van der Waals surface area contributed by atoms with Crippen LogP contribution in [0.5, 0.6) is 0 Å². The zero-order valence-corrected chi connectivity index (χ0v) is 12.1. The maximum Gasteiger partial charge on any atom is 0.0869 e. The second-order valence-electron chi connectivity index (χ2n) is 4.48. The third kappa shape index (κ3) is 3.13. The predicted molar refractivity (Wildman–Crippen MR) is 74.1 cm³/mol. The minimum Gasteiger partial charge on any atom is -0.330 e. The van der Waals surface area contributed by atoms with Crippen LogP contribution in [0.15, 0.2) is 6.20 Å². The third-order valence-electron chi connectivity index (χ3n) is 3.04. The SMILES string of the molecule is CCc1nn(C)c(Cn2cc(CCCN)nn2)c1Cl. The van der Waals surface area contributed by atoms with Crippen molar-refractivity contribution in [2.24, 2.45) is 12.8 Å². The Hall–Kier alpha value is -1.40. The molecule has 0 aromatic carbocycles. The van der Waals surface area contributed by atoms with Gasteiger partial charge in [0.1, 0.15) is 0 Å². The lowest BCUT2D eigenvalue weighted by Crippen LogP contribution is -2.06. The van der Waals surface area contributed by atoms with Crippen molar-refractivity contribution >= 4 is 11.6 Å². The maximum absolute atomic E-state index is 6.31. The van der Waals surface area contributed by atoms with Gasteiger partial charge in [0.25, 0.3) is 0 Å². The summed E-state index contributed by atoms with van der Waals surface area (Å²) in [6, 6.07) is 0. The summed E-state index contributed by atoms with van der Waals surface area (Å²) in [5, 5.41) is 13.3. The predicted octanol–water partition coefficient (Wildman–Crippen LogP) is 1.17. The molecular weight excluding hydrogens is 264 g/mol. The molecule has 0 radical (unpaired) electrons.